The van der Waals surface area contributed by atoms with E-state index in [2.05, 4.69) is 9.71 Å². The molecule has 0 aliphatic heterocycles. The lowest BCUT2D eigenvalue weighted by atomic mass is 10.2. The third-order valence-corrected chi connectivity index (χ3v) is 4.31. The summed E-state index contributed by atoms with van der Waals surface area (Å²) in [6.45, 7) is 0. The minimum atomic E-state index is -3.71. The summed E-state index contributed by atoms with van der Waals surface area (Å²) in [4.78, 5) is 3.04. The van der Waals surface area contributed by atoms with Crippen molar-refractivity contribution in [1.82, 2.24) is 4.98 Å². The molecule has 0 amide bonds. The highest BCUT2D eigenvalue weighted by Crippen LogP contribution is 2.22. The van der Waals surface area contributed by atoms with Gasteiger partial charge >= 0.3 is 0 Å². The molecule has 0 unspecified atom stereocenters. The summed E-state index contributed by atoms with van der Waals surface area (Å²) in [6, 6.07) is 12.7. The van der Waals surface area contributed by atoms with Crippen LogP contribution in [0.1, 0.15) is 0 Å². The minimum Gasteiger partial charge on any atom is -0.508 e. The van der Waals surface area contributed by atoms with Crippen molar-refractivity contribution in [2.75, 3.05) is 4.72 Å². The predicted molar refractivity (Wildman–Crippen MR) is 77.2 cm³/mol. The van der Waals surface area contributed by atoms with Crippen LogP contribution in [0.15, 0.2) is 59.6 Å². The number of rotatable bonds is 3. The smallest absolute Gasteiger partial charge is 0.262 e. The molecule has 0 radical (unpaired) electrons. The van der Waals surface area contributed by atoms with Crippen LogP contribution in [0, 0.1) is 0 Å². The van der Waals surface area contributed by atoms with E-state index < -0.39 is 10.0 Å². The summed E-state index contributed by atoms with van der Waals surface area (Å²) in [5.74, 6) is -0.0901. The van der Waals surface area contributed by atoms with Gasteiger partial charge in [-0.05, 0) is 35.7 Å². The van der Waals surface area contributed by atoms with Gasteiger partial charge in [0, 0.05) is 17.8 Å². The molecule has 6 heteroatoms. The van der Waals surface area contributed by atoms with Gasteiger partial charge in [0.15, 0.2) is 0 Å². The lowest BCUT2D eigenvalue weighted by Gasteiger charge is -2.08. The van der Waals surface area contributed by atoms with E-state index in [1.165, 1.54) is 24.3 Å². The highest BCUT2D eigenvalue weighted by Gasteiger charge is 2.14. The fourth-order valence-electron chi connectivity index (χ4n) is 1.98. The van der Waals surface area contributed by atoms with Gasteiger partial charge in [0.2, 0.25) is 0 Å². The van der Waals surface area contributed by atoms with Crippen LogP contribution in [-0.2, 0) is 10.0 Å². The Morgan fingerprint density at radius 1 is 1.05 bits per heavy atom. The summed E-state index contributed by atoms with van der Waals surface area (Å²) in [6.07, 6.45) is 1.79. The summed E-state index contributed by atoms with van der Waals surface area (Å²) in [5, 5.41) is 10.4. The fraction of sp³-hybridized carbons (Fsp3) is 0. The van der Waals surface area contributed by atoms with Crippen molar-refractivity contribution in [3.63, 3.8) is 0 Å². The van der Waals surface area contributed by atoms with Crippen LogP contribution in [-0.4, -0.2) is 18.5 Å². The Labute approximate surface area is 115 Å². The van der Waals surface area contributed by atoms with Crippen LogP contribution in [0.2, 0.25) is 0 Å². The van der Waals surface area contributed by atoms with Gasteiger partial charge in [0.05, 0.1) is 10.6 Å². The van der Waals surface area contributed by atoms with Gasteiger partial charge < -0.3 is 10.1 Å². The van der Waals surface area contributed by atoms with E-state index in [-0.39, 0.29) is 10.6 Å². The van der Waals surface area contributed by atoms with Crippen LogP contribution in [0.4, 0.5) is 5.69 Å². The molecule has 0 fully saturated rings. The van der Waals surface area contributed by atoms with Crippen molar-refractivity contribution >= 4 is 26.6 Å². The molecule has 0 aliphatic carbocycles. The minimum absolute atomic E-state index is 0.0177. The molecular formula is C14H12N2O3S. The van der Waals surface area contributed by atoms with Gasteiger partial charge in [-0.3, -0.25) is 4.72 Å². The van der Waals surface area contributed by atoms with Crippen LogP contribution >= 0.6 is 0 Å². The number of aromatic amines is 1. The number of fused-ring (bicyclic) bond motifs is 1. The van der Waals surface area contributed by atoms with Gasteiger partial charge in [-0.2, -0.15) is 0 Å². The van der Waals surface area contributed by atoms with E-state index in [4.69, 9.17) is 0 Å². The number of aromatic nitrogens is 1. The van der Waals surface area contributed by atoms with Crippen LogP contribution < -0.4 is 4.72 Å². The third-order valence-electron chi connectivity index (χ3n) is 2.94. The highest BCUT2D eigenvalue weighted by molar-refractivity contribution is 7.92. The molecule has 1 heterocycles. The Kier molecular flexibility index (Phi) is 2.87. The predicted octanol–water partition coefficient (Wildman–Crippen LogP) is 2.67. The van der Waals surface area contributed by atoms with Gasteiger partial charge in [0.1, 0.15) is 5.75 Å². The summed E-state index contributed by atoms with van der Waals surface area (Å²) in [7, 11) is -3.71. The van der Waals surface area contributed by atoms with Crippen molar-refractivity contribution < 1.29 is 13.5 Å². The maximum atomic E-state index is 12.2. The van der Waals surface area contributed by atoms with Crippen molar-refractivity contribution in [2.45, 2.75) is 4.90 Å². The number of hydrogen-bond acceptors (Lipinski definition) is 3. The monoisotopic (exact) mass is 288 g/mol. The number of phenols is 1. The zero-order valence-corrected chi connectivity index (χ0v) is 11.2. The molecule has 0 atom stereocenters. The molecule has 0 saturated carbocycles. The Morgan fingerprint density at radius 3 is 2.70 bits per heavy atom. The van der Waals surface area contributed by atoms with E-state index in [0.29, 0.717) is 5.69 Å². The second kappa shape index (κ2) is 4.57. The third kappa shape index (κ3) is 2.33. The van der Waals surface area contributed by atoms with Crippen molar-refractivity contribution in [3.05, 3.63) is 54.7 Å². The first-order valence-electron chi connectivity index (χ1n) is 5.94. The zero-order valence-electron chi connectivity index (χ0n) is 10.4. The summed E-state index contributed by atoms with van der Waals surface area (Å²) >= 11 is 0. The second-order valence-corrected chi connectivity index (χ2v) is 6.06. The summed E-state index contributed by atoms with van der Waals surface area (Å²) < 4.78 is 26.9. The van der Waals surface area contributed by atoms with Crippen molar-refractivity contribution in [1.29, 1.82) is 0 Å². The molecule has 5 nitrogen and oxygen atoms in total. The Bertz CT molecular complexity index is 869. The maximum Gasteiger partial charge on any atom is 0.262 e. The maximum absolute atomic E-state index is 12.2. The molecule has 0 aliphatic rings. The quantitative estimate of drug-likeness (QED) is 0.693. The molecule has 0 saturated heterocycles. The second-order valence-electron chi connectivity index (χ2n) is 4.38. The number of nitrogens with one attached hydrogen (secondary N) is 2. The average Bonchev–Trinajstić information content (AvgIpc) is 2.85. The van der Waals surface area contributed by atoms with E-state index in [9.17, 15) is 13.5 Å². The summed E-state index contributed by atoms with van der Waals surface area (Å²) in [5.41, 5.74) is 1.31. The normalized spacial score (nSPS) is 11.6. The number of aromatic hydroxyl groups is 1. The highest BCUT2D eigenvalue weighted by atomic mass is 32.2. The Hall–Kier alpha value is -2.47. The largest absolute Gasteiger partial charge is 0.508 e. The first-order chi connectivity index (χ1) is 9.54. The van der Waals surface area contributed by atoms with Crippen LogP contribution in [0.3, 0.4) is 0 Å². The van der Waals surface area contributed by atoms with E-state index in [1.54, 1.807) is 18.3 Å². The molecular weight excluding hydrogens is 276 g/mol. The molecule has 0 spiro atoms. The number of benzene rings is 2. The first-order valence-corrected chi connectivity index (χ1v) is 7.42. The Balaban J connectivity index is 1.96. The van der Waals surface area contributed by atoms with Crippen molar-refractivity contribution in [2.24, 2.45) is 0 Å². The van der Waals surface area contributed by atoms with E-state index in [1.807, 2.05) is 12.1 Å². The molecule has 3 N–H and O–H groups in total. The number of phenolic OH excluding ortho intramolecular Hbond substituents is 1. The lowest BCUT2D eigenvalue weighted by Crippen LogP contribution is -2.12. The molecule has 1 aromatic heterocycles. The number of hydrogen-bond donors (Lipinski definition) is 3. The zero-order chi connectivity index (χ0) is 14.2. The fourth-order valence-corrected chi connectivity index (χ4v) is 3.06. The number of anilines is 1. The van der Waals surface area contributed by atoms with Gasteiger partial charge in [-0.15, -0.1) is 0 Å². The molecule has 3 aromatic rings. The molecule has 0 bridgehead atoms. The van der Waals surface area contributed by atoms with E-state index >= 15 is 0 Å². The first kappa shape index (κ1) is 12.6. The van der Waals surface area contributed by atoms with Gasteiger partial charge in [0.25, 0.3) is 10.0 Å². The van der Waals surface area contributed by atoms with Gasteiger partial charge in [-0.1, -0.05) is 12.1 Å². The Morgan fingerprint density at radius 2 is 1.90 bits per heavy atom. The van der Waals surface area contributed by atoms with Crippen molar-refractivity contribution in [3.8, 4) is 5.75 Å². The SMILES string of the molecule is O=S(=O)(Nc1ccc2cc[nH]c2c1)c1cccc(O)c1. The van der Waals surface area contributed by atoms with Gasteiger partial charge in [-0.25, -0.2) is 8.42 Å². The standard InChI is InChI=1S/C14H12N2O3S/c17-12-2-1-3-13(9-12)20(18,19)16-11-5-4-10-6-7-15-14(10)8-11/h1-9,15-17H. The molecule has 3 rings (SSSR count). The topological polar surface area (TPSA) is 82.2 Å². The van der Waals surface area contributed by atoms with Crippen LogP contribution in [0.5, 0.6) is 5.75 Å². The number of sulfonamides is 1. The lowest BCUT2D eigenvalue weighted by molar-refractivity contribution is 0.473. The molecule has 20 heavy (non-hydrogen) atoms. The molecule has 102 valence electrons. The van der Waals surface area contributed by atoms with Crippen LogP contribution in [0.25, 0.3) is 10.9 Å². The number of H-pyrrole nitrogens is 1. The average molecular weight is 288 g/mol. The molecule has 2 aromatic carbocycles. The van der Waals surface area contributed by atoms with E-state index in [0.717, 1.165) is 10.9 Å².